The second kappa shape index (κ2) is 9.49. The molecule has 5 unspecified atom stereocenters. The first-order valence-corrected chi connectivity index (χ1v) is 12.9. The lowest BCUT2D eigenvalue weighted by molar-refractivity contribution is -0.175. The summed E-state index contributed by atoms with van der Waals surface area (Å²) in [6, 6.07) is 0. The highest BCUT2D eigenvalue weighted by Crippen LogP contribution is 2.66. The molecule has 0 amide bonds. The summed E-state index contributed by atoms with van der Waals surface area (Å²) in [5.41, 5.74) is 5.90. The summed E-state index contributed by atoms with van der Waals surface area (Å²) in [5, 5.41) is 0. The Hall–Kier alpha value is -1.35. The van der Waals surface area contributed by atoms with Crippen molar-refractivity contribution in [2.75, 3.05) is 13.7 Å². The molecule has 6 N–H and O–H groups in total. The topological polar surface area (TPSA) is 238 Å². The average molecular weight is 523 g/mol. The van der Waals surface area contributed by atoms with Crippen molar-refractivity contribution in [3.63, 3.8) is 0 Å². The number of amidine groups is 1. The Morgan fingerprint density at radius 2 is 2.00 bits per heavy atom. The third kappa shape index (κ3) is 6.83. The average Bonchev–Trinajstić information content (AvgIpc) is 3.17. The summed E-state index contributed by atoms with van der Waals surface area (Å²) < 4.78 is 67.0. The minimum absolute atomic E-state index is 0.0379. The van der Waals surface area contributed by atoms with Gasteiger partial charge in [0.05, 0.1) is 6.33 Å². The molecule has 0 radical (unpaired) electrons. The number of nitrogens with two attached hydrogens (primary N) is 1. The van der Waals surface area contributed by atoms with Crippen LogP contribution in [0.5, 0.6) is 0 Å². The highest BCUT2D eigenvalue weighted by atomic mass is 31.3. The van der Waals surface area contributed by atoms with Gasteiger partial charge < -0.3 is 30.0 Å². The number of alkyl halides is 1. The Labute approximate surface area is 180 Å². The van der Waals surface area contributed by atoms with Gasteiger partial charge in [-0.3, -0.25) is 14.1 Å². The summed E-state index contributed by atoms with van der Waals surface area (Å²) in [5.74, 6) is -3.08. The van der Waals surface area contributed by atoms with Crippen LogP contribution in [-0.4, -0.2) is 61.2 Å². The minimum Gasteiger partial charge on any atom is -0.382 e. The van der Waals surface area contributed by atoms with Crippen LogP contribution < -0.4 is 5.73 Å². The van der Waals surface area contributed by atoms with E-state index < -0.39 is 48.1 Å². The van der Waals surface area contributed by atoms with Crippen molar-refractivity contribution < 1.29 is 55.5 Å². The summed E-state index contributed by atoms with van der Waals surface area (Å²) in [6.07, 6.45) is -0.141. The second-order valence-electron chi connectivity index (χ2n) is 6.53. The molecule has 1 aliphatic rings. The highest BCUT2D eigenvalue weighted by molar-refractivity contribution is 7.66. The van der Waals surface area contributed by atoms with E-state index in [4.69, 9.17) is 25.2 Å². The smallest absolute Gasteiger partial charge is 0.382 e. The highest BCUT2D eigenvalue weighted by Gasteiger charge is 2.49. The van der Waals surface area contributed by atoms with E-state index in [1.807, 2.05) is 0 Å². The zero-order valence-electron chi connectivity index (χ0n) is 16.6. The molecule has 1 fully saturated rings. The lowest BCUT2D eigenvalue weighted by atomic mass is 10.0. The molecule has 0 aliphatic carbocycles. The molecule has 182 valence electrons. The van der Waals surface area contributed by atoms with Crippen molar-refractivity contribution in [1.29, 1.82) is 0 Å². The Bertz CT molecular complexity index is 1040. The van der Waals surface area contributed by atoms with Gasteiger partial charge in [0, 0.05) is 19.4 Å². The normalized spacial score (nSPS) is 28.3. The van der Waals surface area contributed by atoms with Gasteiger partial charge in [0.25, 0.3) is 0 Å². The lowest BCUT2D eigenvalue weighted by Crippen LogP contribution is -2.28. The molecule has 5 atom stereocenters. The standard InChI is InChI=1S/C12H21FN5O11P3/c1-7-4-12(13,5-26-31(22,23)29-32(24,25)28-30(19,20)21)27-11(7)18-6-17-8(9(14)15-2)10(18)16-3/h6-7,11H,3-5H2,1-2H3,(H2,14,15)(H,22,23)(H,24,25)(H2,19,20,21). The number of aliphatic imine (C=N–C) groups is 2. The Kier molecular flexibility index (Phi) is 7.97. The van der Waals surface area contributed by atoms with Crippen LogP contribution in [0.15, 0.2) is 16.3 Å². The van der Waals surface area contributed by atoms with Crippen molar-refractivity contribution in [1.82, 2.24) is 9.55 Å². The third-order valence-electron chi connectivity index (χ3n) is 3.98. The fraction of sp³-hybridized carbons (Fsp3) is 0.583. The van der Waals surface area contributed by atoms with Crippen LogP contribution >= 0.6 is 23.5 Å². The molecular formula is C12H21FN5O11P3. The van der Waals surface area contributed by atoms with Crippen LogP contribution in [0.25, 0.3) is 0 Å². The predicted octanol–water partition coefficient (Wildman–Crippen LogP) is 1.11. The van der Waals surface area contributed by atoms with Crippen LogP contribution in [0.4, 0.5) is 10.2 Å². The van der Waals surface area contributed by atoms with Crippen molar-refractivity contribution in [3.05, 3.63) is 12.0 Å². The molecule has 0 aromatic carbocycles. The number of imidazole rings is 1. The lowest BCUT2D eigenvalue weighted by Gasteiger charge is -2.23. The monoisotopic (exact) mass is 523 g/mol. The van der Waals surface area contributed by atoms with Gasteiger partial charge in [-0.25, -0.2) is 28.1 Å². The maximum atomic E-state index is 15.1. The molecule has 2 heterocycles. The molecule has 1 saturated heterocycles. The number of hydrogen-bond donors (Lipinski definition) is 5. The van der Waals surface area contributed by atoms with Crippen LogP contribution in [0.3, 0.4) is 0 Å². The van der Waals surface area contributed by atoms with Crippen molar-refractivity contribution in [3.8, 4) is 0 Å². The summed E-state index contributed by atoms with van der Waals surface area (Å²) in [4.78, 5) is 47.3. The number of halogens is 1. The molecule has 0 bridgehead atoms. The van der Waals surface area contributed by atoms with Gasteiger partial charge in [0.15, 0.2) is 5.82 Å². The van der Waals surface area contributed by atoms with Gasteiger partial charge >= 0.3 is 23.5 Å². The fourth-order valence-electron chi connectivity index (χ4n) is 2.85. The SMILES string of the molecule is C=Nc1c(C(N)=NC)ncn1C1OC(F)(COP(=O)(O)OP(=O)(O)OP(=O)(O)O)CC1C. The first kappa shape index (κ1) is 26.9. The maximum Gasteiger partial charge on any atom is 0.490 e. The third-order valence-corrected chi connectivity index (χ3v) is 7.76. The van der Waals surface area contributed by atoms with Crippen LogP contribution in [0, 0.1) is 5.92 Å². The van der Waals surface area contributed by atoms with E-state index in [0.29, 0.717) is 0 Å². The summed E-state index contributed by atoms with van der Waals surface area (Å²) in [7, 11) is -15.4. The summed E-state index contributed by atoms with van der Waals surface area (Å²) in [6.45, 7) is 3.73. The predicted molar refractivity (Wildman–Crippen MR) is 106 cm³/mol. The number of rotatable bonds is 10. The number of nitrogens with zero attached hydrogens (tertiary/aromatic N) is 4. The van der Waals surface area contributed by atoms with E-state index in [0.717, 1.165) is 0 Å². The second-order valence-corrected chi connectivity index (χ2v) is 10.9. The van der Waals surface area contributed by atoms with E-state index in [-0.39, 0.29) is 23.8 Å². The van der Waals surface area contributed by atoms with Crippen molar-refractivity contribution in [2.24, 2.45) is 21.6 Å². The van der Waals surface area contributed by atoms with Crippen molar-refractivity contribution in [2.45, 2.75) is 25.4 Å². The molecule has 0 saturated carbocycles. The number of phosphoric ester groups is 1. The molecule has 1 aromatic rings. The van der Waals surface area contributed by atoms with Gasteiger partial charge in [0.2, 0.25) is 5.85 Å². The molecule has 32 heavy (non-hydrogen) atoms. The number of aromatic nitrogens is 2. The number of hydrogen-bond acceptors (Lipinski definition) is 10. The fourth-order valence-corrected chi connectivity index (χ4v) is 5.90. The van der Waals surface area contributed by atoms with E-state index in [9.17, 15) is 18.6 Å². The first-order valence-electron chi connectivity index (χ1n) is 8.43. The molecule has 2 rings (SSSR count). The Balaban J connectivity index is 2.13. The van der Waals surface area contributed by atoms with Crippen LogP contribution in [-0.2, 0) is 31.6 Å². The quantitative estimate of drug-likeness (QED) is 0.164. The molecule has 16 nitrogen and oxygen atoms in total. The van der Waals surface area contributed by atoms with Gasteiger partial charge in [-0.2, -0.15) is 8.62 Å². The number of phosphoric acid groups is 3. The molecule has 1 aromatic heterocycles. The molecule has 1 aliphatic heterocycles. The molecule has 0 spiro atoms. The zero-order chi connectivity index (χ0) is 24.5. The van der Waals surface area contributed by atoms with Crippen molar-refractivity contribution >= 4 is 41.8 Å². The van der Waals surface area contributed by atoms with Gasteiger partial charge in [-0.1, -0.05) is 6.92 Å². The zero-order valence-corrected chi connectivity index (χ0v) is 19.3. The van der Waals surface area contributed by atoms with Crippen LogP contribution in [0.2, 0.25) is 0 Å². The maximum absolute atomic E-state index is 15.1. The van der Waals surface area contributed by atoms with E-state index in [2.05, 4.69) is 34.8 Å². The Morgan fingerprint density at radius 3 is 2.53 bits per heavy atom. The largest absolute Gasteiger partial charge is 0.490 e. The van der Waals surface area contributed by atoms with Gasteiger partial charge in [-0.05, 0) is 6.72 Å². The molecule has 20 heteroatoms. The van der Waals surface area contributed by atoms with Gasteiger partial charge in [-0.15, -0.1) is 0 Å². The first-order chi connectivity index (χ1) is 14.5. The summed E-state index contributed by atoms with van der Waals surface area (Å²) >= 11 is 0. The minimum atomic E-state index is -5.73. The van der Waals surface area contributed by atoms with E-state index in [1.54, 1.807) is 6.92 Å². The van der Waals surface area contributed by atoms with Gasteiger partial charge in [0.1, 0.15) is 24.4 Å². The molecular weight excluding hydrogens is 502 g/mol. The van der Waals surface area contributed by atoms with E-state index in [1.165, 1.54) is 17.9 Å². The van der Waals surface area contributed by atoms with Crippen LogP contribution in [0.1, 0.15) is 25.3 Å². The Morgan fingerprint density at radius 1 is 1.38 bits per heavy atom. The number of ether oxygens (including phenoxy) is 1. The van der Waals surface area contributed by atoms with E-state index >= 15 is 4.39 Å².